The number of piperidine rings is 1. The first-order valence-corrected chi connectivity index (χ1v) is 13.6. The summed E-state index contributed by atoms with van der Waals surface area (Å²) >= 11 is 0. The van der Waals surface area contributed by atoms with E-state index in [9.17, 15) is 8.42 Å². The number of hydrogen-bond donors (Lipinski definition) is 1. The third kappa shape index (κ3) is 5.88. The Morgan fingerprint density at radius 3 is 2.41 bits per heavy atom. The van der Waals surface area contributed by atoms with Gasteiger partial charge in [-0.25, -0.2) is 18.1 Å². The van der Waals surface area contributed by atoms with Crippen molar-refractivity contribution in [2.45, 2.75) is 63.1 Å². The summed E-state index contributed by atoms with van der Waals surface area (Å²) in [5.74, 6) is 1.61. The molecule has 0 amide bonds. The molecule has 1 aromatic heterocycles. The van der Waals surface area contributed by atoms with Crippen LogP contribution in [0.2, 0.25) is 0 Å². The number of nitrogens with zero attached hydrogens (tertiary/aromatic N) is 2. The molecule has 1 aliphatic heterocycles. The van der Waals surface area contributed by atoms with Crippen LogP contribution in [0, 0.1) is 5.92 Å². The van der Waals surface area contributed by atoms with Gasteiger partial charge >= 0.3 is 0 Å². The van der Waals surface area contributed by atoms with Gasteiger partial charge in [-0.2, -0.15) is 0 Å². The molecule has 174 valence electrons. The lowest BCUT2D eigenvalue weighted by Gasteiger charge is -2.45. The predicted octanol–water partition coefficient (Wildman–Crippen LogP) is 3.96. The largest absolute Gasteiger partial charge is 0.378 e. The van der Waals surface area contributed by atoms with Gasteiger partial charge in [-0.1, -0.05) is 36.4 Å². The average molecular weight is 458 g/mol. The van der Waals surface area contributed by atoms with Crippen molar-refractivity contribution in [1.82, 2.24) is 9.71 Å². The smallest absolute Gasteiger partial charge is 0.208 e. The lowest BCUT2D eigenvalue weighted by molar-refractivity contribution is -0.00891. The summed E-state index contributed by atoms with van der Waals surface area (Å²) in [6.45, 7) is 3.48. The maximum atomic E-state index is 12.0. The molecule has 1 N–H and O–H groups in total. The lowest BCUT2D eigenvalue weighted by atomic mass is 9.82. The van der Waals surface area contributed by atoms with Gasteiger partial charge in [0.05, 0.1) is 19.0 Å². The third-order valence-electron chi connectivity index (χ3n) is 7.09. The van der Waals surface area contributed by atoms with Crippen LogP contribution in [0.15, 0.2) is 54.7 Å². The lowest BCUT2D eigenvalue weighted by Crippen LogP contribution is -2.57. The molecule has 2 aliphatic rings. The molecule has 0 radical (unpaired) electrons. The Hall–Kier alpha value is -1.96. The highest BCUT2D eigenvalue weighted by molar-refractivity contribution is 7.88. The van der Waals surface area contributed by atoms with E-state index in [0.29, 0.717) is 12.5 Å². The van der Waals surface area contributed by atoms with Crippen molar-refractivity contribution in [2.75, 3.05) is 24.3 Å². The SMILES string of the molecule is C[C@@H]1C(COC2CCC(c3ccccc3)CC2)[C@@H](NS(C)(=O)=O)CCN1c1ccccn1. The molecular formula is C25H35N3O3S. The molecule has 1 unspecified atom stereocenters. The number of sulfonamides is 1. The Bertz CT molecular complexity index is 947. The zero-order valence-electron chi connectivity index (χ0n) is 19.1. The van der Waals surface area contributed by atoms with Crippen LogP contribution in [0.5, 0.6) is 0 Å². The van der Waals surface area contributed by atoms with Gasteiger partial charge < -0.3 is 9.64 Å². The van der Waals surface area contributed by atoms with Crippen LogP contribution in [0.1, 0.15) is 50.5 Å². The van der Waals surface area contributed by atoms with Gasteiger partial charge in [0.1, 0.15) is 5.82 Å². The number of ether oxygens (including phenoxy) is 1. The van der Waals surface area contributed by atoms with Crippen molar-refractivity contribution in [3.05, 3.63) is 60.3 Å². The van der Waals surface area contributed by atoms with E-state index < -0.39 is 10.0 Å². The second kappa shape index (κ2) is 10.3. The summed E-state index contributed by atoms with van der Waals surface area (Å²) in [6.07, 6.45) is 8.41. The van der Waals surface area contributed by atoms with Crippen LogP contribution in [0.3, 0.4) is 0 Å². The maximum Gasteiger partial charge on any atom is 0.208 e. The Balaban J connectivity index is 1.39. The van der Waals surface area contributed by atoms with Crippen LogP contribution in [-0.4, -0.2) is 51.0 Å². The van der Waals surface area contributed by atoms with E-state index in [1.165, 1.54) is 11.8 Å². The fraction of sp³-hybridized carbons (Fsp3) is 0.560. The number of anilines is 1. The highest BCUT2D eigenvalue weighted by Gasteiger charge is 2.38. The zero-order chi connectivity index (χ0) is 22.6. The summed E-state index contributed by atoms with van der Waals surface area (Å²) in [4.78, 5) is 6.80. The average Bonchev–Trinajstić information content (AvgIpc) is 2.79. The molecule has 4 rings (SSSR count). The standard InChI is InChI=1S/C25H35N3O3S/c1-19-23(18-31-22-13-11-21(12-14-22)20-8-4-3-5-9-20)24(27-32(2,29)30)15-17-28(19)25-10-6-7-16-26-25/h3-10,16,19,21-24,27H,11-15,17-18H2,1-2H3/t19-,21?,22?,23?,24+/m1/s1. The second-order valence-corrected chi connectivity index (χ2v) is 11.1. The van der Waals surface area contributed by atoms with Gasteiger partial charge in [-0.15, -0.1) is 0 Å². The Morgan fingerprint density at radius 2 is 1.75 bits per heavy atom. The van der Waals surface area contributed by atoms with Crippen molar-refractivity contribution < 1.29 is 13.2 Å². The highest BCUT2D eigenvalue weighted by Crippen LogP contribution is 2.35. The summed E-state index contributed by atoms with van der Waals surface area (Å²) in [5, 5.41) is 0. The first-order valence-electron chi connectivity index (χ1n) is 11.7. The number of benzene rings is 1. The maximum absolute atomic E-state index is 12.0. The van der Waals surface area contributed by atoms with Crippen molar-refractivity contribution in [1.29, 1.82) is 0 Å². The van der Waals surface area contributed by atoms with E-state index >= 15 is 0 Å². The number of pyridine rings is 1. The Kier molecular flexibility index (Phi) is 7.48. The number of rotatable bonds is 7. The van der Waals surface area contributed by atoms with Crippen LogP contribution in [0.4, 0.5) is 5.82 Å². The number of aromatic nitrogens is 1. The minimum absolute atomic E-state index is 0.0623. The fourth-order valence-electron chi connectivity index (χ4n) is 5.32. The van der Waals surface area contributed by atoms with Gasteiger partial charge in [-0.05, 0) is 62.6 Å². The van der Waals surface area contributed by atoms with Crippen LogP contribution in [0.25, 0.3) is 0 Å². The van der Waals surface area contributed by atoms with Crippen LogP contribution in [-0.2, 0) is 14.8 Å². The fourth-order valence-corrected chi connectivity index (χ4v) is 6.16. The molecule has 1 aromatic carbocycles. The highest BCUT2D eigenvalue weighted by atomic mass is 32.2. The topological polar surface area (TPSA) is 71.5 Å². The number of hydrogen-bond acceptors (Lipinski definition) is 5. The molecule has 1 saturated carbocycles. The van der Waals surface area contributed by atoms with Crippen LogP contribution >= 0.6 is 0 Å². The molecular weight excluding hydrogens is 422 g/mol. The summed E-state index contributed by atoms with van der Waals surface area (Å²) < 4.78 is 33.3. The summed E-state index contributed by atoms with van der Waals surface area (Å²) in [6, 6.07) is 16.7. The van der Waals surface area contributed by atoms with E-state index in [1.807, 2.05) is 18.2 Å². The van der Waals surface area contributed by atoms with Gasteiger partial charge in [0, 0.05) is 30.7 Å². The normalized spacial score (nSPS) is 29.1. The molecule has 1 saturated heterocycles. The molecule has 2 heterocycles. The molecule has 6 nitrogen and oxygen atoms in total. The van der Waals surface area contributed by atoms with Crippen molar-refractivity contribution in [3.63, 3.8) is 0 Å². The zero-order valence-corrected chi connectivity index (χ0v) is 19.9. The first-order chi connectivity index (χ1) is 15.4. The van der Waals surface area contributed by atoms with Crippen molar-refractivity contribution in [3.8, 4) is 0 Å². The predicted molar refractivity (Wildman–Crippen MR) is 128 cm³/mol. The Morgan fingerprint density at radius 1 is 1.03 bits per heavy atom. The van der Waals surface area contributed by atoms with Gasteiger partial charge in [-0.3, -0.25) is 0 Å². The van der Waals surface area contributed by atoms with E-state index in [0.717, 1.165) is 44.5 Å². The minimum atomic E-state index is -3.28. The van der Waals surface area contributed by atoms with Gasteiger partial charge in [0.25, 0.3) is 0 Å². The quantitative estimate of drug-likeness (QED) is 0.681. The monoisotopic (exact) mass is 457 g/mol. The second-order valence-electron chi connectivity index (χ2n) is 9.29. The first kappa shape index (κ1) is 23.2. The van der Waals surface area contributed by atoms with Crippen LogP contribution < -0.4 is 9.62 Å². The van der Waals surface area contributed by atoms with Gasteiger partial charge in [0.15, 0.2) is 0 Å². The van der Waals surface area contributed by atoms with E-state index in [1.54, 1.807) is 6.20 Å². The molecule has 3 atom stereocenters. The summed E-state index contributed by atoms with van der Waals surface area (Å²) in [7, 11) is -3.28. The van der Waals surface area contributed by atoms with E-state index in [4.69, 9.17) is 4.74 Å². The number of nitrogens with one attached hydrogen (secondary N) is 1. The molecule has 2 aromatic rings. The molecule has 32 heavy (non-hydrogen) atoms. The molecule has 7 heteroatoms. The van der Waals surface area contributed by atoms with Crippen molar-refractivity contribution >= 4 is 15.8 Å². The third-order valence-corrected chi connectivity index (χ3v) is 7.82. The summed E-state index contributed by atoms with van der Waals surface area (Å²) in [5.41, 5.74) is 1.43. The Labute approximate surface area is 192 Å². The molecule has 1 aliphatic carbocycles. The molecule has 2 fully saturated rings. The molecule has 0 bridgehead atoms. The molecule has 0 spiro atoms. The van der Waals surface area contributed by atoms with E-state index in [2.05, 4.69) is 51.9 Å². The van der Waals surface area contributed by atoms with Crippen molar-refractivity contribution in [2.24, 2.45) is 5.92 Å². The minimum Gasteiger partial charge on any atom is -0.378 e. The van der Waals surface area contributed by atoms with E-state index in [-0.39, 0.29) is 24.1 Å². The van der Waals surface area contributed by atoms with Gasteiger partial charge in [0.2, 0.25) is 10.0 Å².